The van der Waals surface area contributed by atoms with Crippen molar-refractivity contribution < 1.29 is 24.2 Å². The van der Waals surface area contributed by atoms with Gasteiger partial charge in [-0.25, -0.2) is 4.79 Å². The summed E-state index contributed by atoms with van der Waals surface area (Å²) in [4.78, 5) is 24.0. The fraction of sp³-hybridized carbons (Fsp3) is 0.273. The number of methoxy groups -OCH3 is 1. The van der Waals surface area contributed by atoms with Crippen LogP contribution in [0.5, 0.6) is 11.5 Å². The van der Waals surface area contributed by atoms with E-state index in [1.807, 2.05) is 18.2 Å². The number of hydrogen-bond acceptors (Lipinski definition) is 5. The van der Waals surface area contributed by atoms with Gasteiger partial charge in [-0.2, -0.15) is 0 Å². The van der Waals surface area contributed by atoms with Gasteiger partial charge in [0, 0.05) is 6.08 Å². The maximum Gasteiger partial charge on any atom is 0.331 e. The molecule has 0 saturated carbocycles. The van der Waals surface area contributed by atoms with Gasteiger partial charge in [-0.3, -0.25) is 4.79 Å². The Bertz CT molecular complexity index is 890. The Balaban J connectivity index is 1.50. The van der Waals surface area contributed by atoms with Crippen molar-refractivity contribution in [2.24, 2.45) is 0 Å². The summed E-state index contributed by atoms with van der Waals surface area (Å²) in [5.74, 6) is -0.619. The lowest BCUT2D eigenvalue weighted by atomic mass is 9.88. The van der Waals surface area contributed by atoms with Crippen molar-refractivity contribution in [2.45, 2.75) is 25.3 Å². The normalized spacial score (nSPS) is 15.7. The van der Waals surface area contributed by atoms with Gasteiger partial charge in [-0.15, -0.1) is 0 Å². The first-order valence-corrected chi connectivity index (χ1v) is 9.16. The quantitative estimate of drug-likeness (QED) is 0.593. The van der Waals surface area contributed by atoms with Crippen LogP contribution in [0.1, 0.15) is 35.6 Å². The first kappa shape index (κ1) is 19.5. The average Bonchev–Trinajstić information content (AvgIpc) is 2.72. The van der Waals surface area contributed by atoms with Gasteiger partial charge in [0.1, 0.15) is 0 Å². The second-order valence-corrected chi connectivity index (χ2v) is 6.58. The van der Waals surface area contributed by atoms with Gasteiger partial charge in [0.15, 0.2) is 18.1 Å². The van der Waals surface area contributed by atoms with E-state index in [2.05, 4.69) is 11.4 Å². The third-order valence-corrected chi connectivity index (χ3v) is 4.67. The van der Waals surface area contributed by atoms with E-state index in [1.165, 1.54) is 30.9 Å². The molecule has 146 valence electrons. The zero-order chi connectivity index (χ0) is 19.9. The molecule has 6 heteroatoms. The highest BCUT2D eigenvalue weighted by atomic mass is 16.5. The zero-order valence-electron chi connectivity index (χ0n) is 15.7. The molecule has 0 bridgehead atoms. The van der Waals surface area contributed by atoms with E-state index < -0.39 is 5.97 Å². The van der Waals surface area contributed by atoms with Crippen molar-refractivity contribution in [3.05, 3.63) is 65.2 Å². The van der Waals surface area contributed by atoms with Crippen molar-refractivity contribution in [1.29, 1.82) is 0 Å². The Hall–Kier alpha value is -3.28. The van der Waals surface area contributed by atoms with E-state index in [4.69, 9.17) is 9.47 Å². The smallest absolute Gasteiger partial charge is 0.331 e. The van der Waals surface area contributed by atoms with Crippen LogP contribution in [0.4, 0.5) is 0 Å². The third-order valence-electron chi connectivity index (χ3n) is 4.67. The Morgan fingerprint density at radius 3 is 2.89 bits per heavy atom. The number of esters is 1. The molecule has 2 N–H and O–H groups in total. The number of carbonyl (C=O) groups is 2. The fourth-order valence-electron chi connectivity index (χ4n) is 3.29. The van der Waals surface area contributed by atoms with Crippen molar-refractivity contribution >= 4 is 18.0 Å². The Kier molecular flexibility index (Phi) is 6.32. The summed E-state index contributed by atoms with van der Waals surface area (Å²) in [7, 11) is 1.44. The minimum atomic E-state index is -0.619. The number of fused-ring (bicyclic) bond motifs is 1. The monoisotopic (exact) mass is 381 g/mol. The fourth-order valence-corrected chi connectivity index (χ4v) is 3.29. The number of phenolic OH excluding ortho intramolecular Hbond substituents is 1. The first-order chi connectivity index (χ1) is 13.6. The highest BCUT2D eigenvalue weighted by Crippen LogP contribution is 2.29. The third kappa shape index (κ3) is 4.91. The number of phenols is 1. The molecule has 2 aromatic rings. The Labute approximate surface area is 163 Å². The molecule has 1 aliphatic rings. The molecule has 6 nitrogen and oxygen atoms in total. The van der Waals surface area contributed by atoms with Crippen LogP contribution in [0, 0.1) is 0 Å². The van der Waals surface area contributed by atoms with Crippen LogP contribution in [-0.4, -0.2) is 30.7 Å². The van der Waals surface area contributed by atoms with Crippen LogP contribution < -0.4 is 10.1 Å². The van der Waals surface area contributed by atoms with E-state index in [-0.39, 0.29) is 24.3 Å². The van der Waals surface area contributed by atoms with E-state index in [1.54, 1.807) is 12.1 Å². The minimum Gasteiger partial charge on any atom is -0.504 e. The van der Waals surface area contributed by atoms with Crippen molar-refractivity contribution in [1.82, 2.24) is 5.32 Å². The SMILES string of the molecule is COc1cc(/C=C/C(=O)OCC(=O)NC2CCCc3ccccc32)ccc1O. The van der Waals surface area contributed by atoms with E-state index in [0.717, 1.165) is 24.8 Å². The summed E-state index contributed by atoms with van der Waals surface area (Å²) in [6.07, 6.45) is 5.67. The van der Waals surface area contributed by atoms with Gasteiger partial charge in [0.2, 0.25) is 0 Å². The lowest BCUT2D eigenvalue weighted by Gasteiger charge is -2.26. The molecule has 3 rings (SSSR count). The Morgan fingerprint density at radius 1 is 1.25 bits per heavy atom. The molecule has 1 aliphatic carbocycles. The maximum atomic E-state index is 12.2. The molecule has 2 aromatic carbocycles. The van der Waals surface area contributed by atoms with Crippen molar-refractivity contribution in [2.75, 3.05) is 13.7 Å². The van der Waals surface area contributed by atoms with Crippen LogP contribution in [0.15, 0.2) is 48.5 Å². The molecule has 1 amide bonds. The van der Waals surface area contributed by atoms with Crippen molar-refractivity contribution in [3.63, 3.8) is 0 Å². The topological polar surface area (TPSA) is 84.9 Å². The molecule has 0 heterocycles. The van der Waals surface area contributed by atoms with Crippen LogP contribution >= 0.6 is 0 Å². The molecule has 0 spiro atoms. The maximum absolute atomic E-state index is 12.2. The van der Waals surface area contributed by atoms with E-state index in [9.17, 15) is 14.7 Å². The van der Waals surface area contributed by atoms with Crippen LogP contribution in [-0.2, 0) is 20.7 Å². The lowest BCUT2D eigenvalue weighted by molar-refractivity contribution is -0.144. The van der Waals surface area contributed by atoms with E-state index in [0.29, 0.717) is 11.3 Å². The van der Waals surface area contributed by atoms with Gasteiger partial charge in [0.05, 0.1) is 13.2 Å². The van der Waals surface area contributed by atoms with Crippen LogP contribution in [0.25, 0.3) is 6.08 Å². The van der Waals surface area contributed by atoms with Crippen LogP contribution in [0.3, 0.4) is 0 Å². The molecule has 0 radical (unpaired) electrons. The standard InChI is InChI=1S/C22H23NO5/c1-27-20-13-15(9-11-19(20)24)10-12-22(26)28-14-21(25)23-18-8-4-6-16-5-2-3-7-17(16)18/h2-3,5,7,9-13,18,24H,4,6,8,14H2,1H3,(H,23,25)/b12-10+. The Morgan fingerprint density at radius 2 is 2.07 bits per heavy atom. The van der Waals surface area contributed by atoms with Gasteiger partial charge in [-0.1, -0.05) is 30.3 Å². The molecule has 0 fully saturated rings. The van der Waals surface area contributed by atoms with E-state index >= 15 is 0 Å². The first-order valence-electron chi connectivity index (χ1n) is 9.16. The molecule has 1 unspecified atom stereocenters. The van der Waals surface area contributed by atoms with Gasteiger partial charge >= 0.3 is 5.97 Å². The highest BCUT2D eigenvalue weighted by Gasteiger charge is 2.21. The predicted octanol–water partition coefficient (Wildman–Crippen LogP) is 3.15. The summed E-state index contributed by atoms with van der Waals surface area (Å²) >= 11 is 0. The predicted molar refractivity (Wildman–Crippen MR) is 105 cm³/mol. The largest absolute Gasteiger partial charge is 0.504 e. The summed E-state index contributed by atoms with van der Waals surface area (Å²) in [6.45, 7) is -0.333. The number of aryl methyl sites for hydroxylation is 1. The molecule has 28 heavy (non-hydrogen) atoms. The second-order valence-electron chi connectivity index (χ2n) is 6.58. The van der Waals surface area contributed by atoms with Gasteiger partial charge in [-0.05, 0) is 54.2 Å². The molecule has 1 atom stereocenters. The van der Waals surface area contributed by atoms with Gasteiger partial charge in [0.25, 0.3) is 5.91 Å². The summed E-state index contributed by atoms with van der Waals surface area (Å²) in [6, 6.07) is 12.7. The lowest BCUT2D eigenvalue weighted by Crippen LogP contribution is -2.34. The molecular weight excluding hydrogens is 358 g/mol. The van der Waals surface area contributed by atoms with Crippen molar-refractivity contribution in [3.8, 4) is 11.5 Å². The molecule has 0 aliphatic heterocycles. The second kappa shape index (κ2) is 9.08. The minimum absolute atomic E-state index is 0.0168. The number of rotatable bonds is 6. The van der Waals surface area contributed by atoms with Crippen LogP contribution in [0.2, 0.25) is 0 Å². The summed E-state index contributed by atoms with van der Waals surface area (Å²) < 4.78 is 10.0. The summed E-state index contributed by atoms with van der Waals surface area (Å²) in [5.41, 5.74) is 3.05. The number of hydrogen-bond donors (Lipinski definition) is 2. The number of ether oxygens (including phenoxy) is 2. The molecule has 0 aromatic heterocycles. The number of benzene rings is 2. The molecular formula is C22H23NO5. The molecule has 0 saturated heterocycles. The van der Waals surface area contributed by atoms with Gasteiger partial charge < -0.3 is 19.9 Å². The zero-order valence-corrected chi connectivity index (χ0v) is 15.7. The number of aromatic hydroxyl groups is 1. The number of amides is 1. The summed E-state index contributed by atoms with van der Waals surface area (Å²) in [5, 5.41) is 12.5. The number of nitrogens with one attached hydrogen (secondary N) is 1. The average molecular weight is 381 g/mol. The highest BCUT2D eigenvalue weighted by molar-refractivity contribution is 5.89. The number of carbonyl (C=O) groups excluding carboxylic acids is 2.